The molecule has 1 spiro atoms. The third-order valence-electron chi connectivity index (χ3n) is 12.6. The number of anilines is 3. The molecular formula is C59H43N3. The van der Waals surface area contributed by atoms with Gasteiger partial charge in [-0.1, -0.05) is 200 Å². The summed E-state index contributed by atoms with van der Waals surface area (Å²) in [5.74, 6) is 0. The van der Waals surface area contributed by atoms with E-state index in [1.807, 2.05) is 18.2 Å². The Balaban J connectivity index is 0.960. The van der Waals surface area contributed by atoms with Crippen LogP contribution in [0.5, 0.6) is 0 Å². The van der Waals surface area contributed by atoms with Crippen molar-refractivity contribution in [3.05, 3.63) is 276 Å². The number of aliphatic imine (C=N–C) groups is 1. The lowest BCUT2D eigenvalue weighted by molar-refractivity contribution is 0.753. The van der Waals surface area contributed by atoms with Gasteiger partial charge in [-0.05, 0) is 109 Å². The van der Waals surface area contributed by atoms with Gasteiger partial charge in [0.15, 0.2) is 0 Å². The third kappa shape index (κ3) is 6.26. The second-order valence-electron chi connectivity index (χ2n) is 16.1. The molecule has 0 radical (unpaired) electrons. The van der Waals surface area contributed by atoms with Gasteiger partial charge >= 0.3 is 0 Å². The zero-order valence-electron chi connectivity index (χ0n) is 34.2. The van der Waals surface area contributed by atoms with Crippen LogP contribution >= 0.6 is 0 Å². The van der Waals surface area contributed by atoms with Crippen molar-refractivity contribution < 1.29 is 0 Å². The summed E-state index contributed by atoms with van der Waals surface area (Å²) in [4.78, 5) is 7.51. The molecule has 1 aliphatic carbocycles. The van der Waals surface area contributed by atoms with Gasteiger partial charge in [0.2, 0.25) is 0 Å². The summed E-state index contributed by atoms with van der Waals surface area (Å²) >= 11 is 0. The Morgan fingerprint density at radius 3 is 1.58 bits per heavy atom. The second kappa shape index (κ2) is 15.5. The maximum absolute atomic E-state index is 6.92. The van der Waals surface area contributed by atoms with Gasteiger partial charge in [-0.15, -0.1) is 0 Å². The van der Waals surface area contributed by atoms with Crippen molar-refractivity contribution in [2.24, 2.45) is 10.7 Å². The SMILES string of the molecule is N/C(=C\C(=N/Cc1ccccc1)c1ccc(-c2ccccc2)cc1)c1ccc(-c2ccc3c(c2)-c2ccccc2C32c3ccccc3N(c3ccccc3)c3ccccc32)cc1. The first-order valence-corrected chi connectivity index (χ1v) is 21.3. The van der Waals surface area contributed by atoms with Crippen molar-refractivity contribution in [1.29, 1.82) is 0 Å². The van der Waals surface area contributed by atoms with Gasteiger partial charge < -0.3 is 10.6 Å². The highest BCUT2D eigenvalue weighted by Gasteiger charge is 2.51. The van der Waals surface area contributed by atoms with Crippen LogP contribution in [-0.2, 0) is 12.0 Å². The average molecular weight is 794 g/mol. The molecule has 62 heavy (non-hydrogen) atoms. The first-order valence-electron chi connectivity index (χ1n) is 21.3. The summed E-state index contributed by atoms with van der Waals surface area (Å²) in [7, 11) is 0. The molecule has 0 aromatic heterocycles. The molecule has 0 fully saturated rings. The molecule has 3 nitrogen and oxygen atoms in total. The average Bonchev–Trinajstić information content (AvgIpc) is 3.64. The van der Waals surface area contributed by atoms with Crippen molar-refractivity contribution >= 4 is 28.5 Å². The molecule has 0 atom stereocenters. The lowest BCUT2D eigenvalue weighted by atomic mass is 9.64. The highest BCUT2D eigenvalue weighted by molar-refractivity contribution is 6.12. The molecular weight excluding hydrogens is 751 g/mol. The first kappa shape index (κ1) is 37.0. The summed E-state index contributed by atoms with van der Waals surface area (Å²) in [6.45, 7) is 0.560. The van der Waals surface area contributed by atoms with Crippen molar-refractivity contribution in [2.75, 3.05) is 4.90 Å². The lowest BCUT2D eigenvalue weighted by Crippen LogP contribution is -2.36. The van der Waals surface area contributed by atoms with Gasteiger partial charge in [0.05, 0.1) is 29.0 Å². The maximum Gasteiger partial charge on any atom is 0.0754 e. The van der Waals surface area contributed by atoms with Gasteiger partial charge in [0.1, 0.15) is 0 Å². The standard InChI is InChI=1S/C59H43N3/c60-55(39-56(61-40-41-16-4-1-5-17-41)46-34-30-43(31-35-46)42-18-6-2-7-19-42)45-32-28-44(29-33-45)47-36-37-52-50(38-47)49-22-10-11-23-51(49)59(52)53-24-12-14-26-57(53)62(48-20-8-3-9-21-48)58-27-15-13-25-54(58)59/h1-39H,40,60H2/b55-39-,61-56+. The first-order chi connectivity index (χ1) is 30.7. The Morgan fingerprint density at radius 2 is 0.919 bits per heavy atom. The van der Waals surface area contributed by atoms with Crippen LogP contribution in [0.4, 0.5) is 17.1 Å². The molecule has 11 rings (SSSR count). The minimum absolute atomic E-state index is 0.479. The van der Waals surface area contributed by atoms with Gasteiger partial charge in [0.25, 0.3) is 0 Å². The van der Waals surface area contributed by atoms with Crippen LogP contribution < -0.4 is 10.6 Å². The van der Waals surface area contributed by atoms with Crippen LogP contribution in [0.1, 0.15) is 38.9 Å². The van der Waals surface area contributed by atoms with E-state index in [4.69, 9.17) is 10.7 Å². The Bertz CT molecular complexity index is 3080. The fourth-order valence-corrected chi connectivity index (χ4v) is 9.68. The summed E-state index contributed by atoms with van der Waals surface area (Å²) in [6, 6.07) is 82.7. The topological polar surface area (TPSA) is 41.6 Å². The molecule has 9 aromatic rings. The van der Waals surface area contributed by atoms with E-state index in [0.29, 0.717) is 12.2 Å². The molecule has 0 bridgehead atoms. The van der Waals surface area contributed by atoms with Crippen LogP contribution in [-0.4, -0.2) is 5.71 Å². The van der Waals surface area contributed by atoms with E-state index in [9.17, 15) is 0 Å². The number of para-hydroxylation sites is 3. The molecule has 1 heterocycles. The molecule has 9 aromatic carbocycles. The lowest BCUT2D eigenvalue weighted by Gasteiger charge is -2.45. The molecule has 2 N–H and O–H groups in total. The highest BCUT2D eigenvalue weighted by Crippen LogP contribution is 2.63. The molecule has 0 saturated carbocycles. The van der Waals surface area contributed by atoms with E-state index in [0.717, 1.165) is 44.8 Å². The molecule has 294 valence electrons. The smallest absolute Gasteiger partial charge is 0.0754 e. The van der Waals surface area contributed by atoms with Crippen molar-refractivity contribution in [2.45, 2.75) is 12.0 Å². The van der Waals surface area contributed by atoms with E-state index >= 15 is 0 Å². The summed E-state index contributed by atoms with van der Waals surface area (Å²) < 4.78 is 0. The molecule has 1 aliphatic heterocycles. The predicted octanol–water partition coefficient (Wildman–Crippen LogP) is 14.2. The Morgan fingerprint density at radius 1 is 0.435 bits per heavy atom. The van der Waals surface area contributed by atoms with Crippen molar-refractivity contribution in [1.82, 2.24) is 0 Å². The van der Waals surface area contributed by atoms with Crippen LogP contribution in [0, 0.1) is 0 Å². The van der Waals surface area contributed by atoms with E-state index in [1.165, 1.54) is 50.3 Å². The minimum Gasteiger partial charge on any atom is -0.398 e. The number of hydrogen-bond donors (Lipinski definition) is 1. The Labute approximate surface area is 363 Å². The van der Waals surface area contributed by atoms with Crippen molar-refractivity contribution in [3.63, 3.8) is 0 Å². The van der Waals surface area contributed by atoms with Crippen molar-refractivity contribution in [3.8, 4) is 33.4 Å². The number of fused-ring (bicyclic) bond motifs is 9. The van der Waals surface area contributed by atoms with E-state index in [-0.39, 0.29) is 0 Å². The summed E-state index contributed by atoms with van der Waals surface area (Å²) in [5, 5.41) is 0. The van der Waals surface area contributed by atoms with Crippen LogP contribution in [0.2, 0.25) is 0 Å². The van der Waals surface area contributed by atoms with E-state index < -0.39 is 5.41 Å². The fourth-order valence-electron chi connectivity index (χ4n) is 9.68. The van der Waals surface area contributed by atoms with Gasteiger partial charge in [0, 0.05) is 11.4 Å². The van der Waals surface area contributed by atoms with Gasteiger partial charge in [-0.25, -0.2) is 0 Å². The summed E-state index contributed by atoms with van der Waals surface area (Å²) in [6.07, 6.45) is 2.01. The Hall–Kier alpha value is -8.01. The number of benzene rings is 9. The number of rotatable bonds is 8. The van der Waals surface area contributed by atoms with Crippen LogP contribution in [0.25, 0.3) is 39.1 Å². The van der Waals surface area contributed by atoms with Gasteiger partial charge in [-0.2, -0.15) is 0 Å². The predicted molar refractivity (Wildman–Crippen MR) is 258 cm³/mol. The quantitative estimate of drug-likeness (QED) is 0.156. The van der Waals surface area contributed by atoms with Crippen LogP contribution in [0.15, 0.2) is 242 Å². The Kier molecular flexibility index (Phi) is 9.28. The number of hydrogen-bond acceptors (Lipinski definition) is 3. The third-order valence-corrected chi connectivity index (χ3v) is 12.6. The number of nitrogens with two attached hydrogens (primary N) is 1. The highest BCUT2D eigenvalue weighted by atomic mass is 15.2. The molecule has 0 saturated heterocycles. The van der Waals surface area contributed by atoms with Gasteiger partial charge in [-0.3, -0.25) is 4.99 Å². The zero-order valence-corrected chi connectivity index (χ0v) is 34.2. The monoisotopic (exact) mass is 793 g/mol. The summed E-state index contributed by atoms with van der Waals surface area (Å²) in [5.41, 5.74) is 27.0. The number of allylic oxidation sites excluding steroid dienone is 1. The second-order valence-corrected chi connectivity index (χ2v) is 16.1. The maximum atomic E-state index is 6.92. The molecule has 3 heteroatoms. The molecule has 2 aliphatic rings. The van der Waals surface area contributed by atoms with Crippen LogP contribution in [0.3, 0.4) is 0 Å². The molecule has 0 unspecified atom stereocenters. The minimum atomic E-state index is -0.479. The van der Waals surface area contributed by atoms with E-state index in [1.54, 1.807) is 0 Å². The largest absolute Gasteiger partial charge is 0.398 e. The molecule has 0 amide bonds. The fraction of sp³-hybridized carbons (Fsp3) is 0.0339. The van der Waals surface area contributed by atoms with E-state index in [2.05, 4.69) is 223 Å². The zero-order chi connectivity index (χ0) is 41.5. The number of nitrogens with zero attached hydrogens (tertiary/aromatic N) is 2. The normalized spacial score (nSPS) is 13.6.